The molecule has 1 aliphatic heterocycles. The third-order valence-corrected chi connectivity index (χ3v) is 6.92. The molecule has 0 aliphatic carbocycles. The second kappa shape index (κ2) is 8.31. The van der Waals surface area contributed by atoms with Gasteiger partial charge in [-0.1, -0.05) is 30.3 Å². The van der Waals surface area contributed by atoms with Crippen molar-refractivity contribution in [1.29, 1.82) is 0 Å². The predicted molar refractivity (Wildman–Crippen MR) is 105 cm³/mol. The summed E-state index contributed by atoms with van der Waals surface area (Å²) in [7, 11) is -3.18. The minimum Gasteiger partial charge on any atom is -0.483 e. The van der Waals surface area contributed by atoms with Gasteiger partial charge in [0, 0.05) is 18.2 Å². The molecule has 2 aromatic carbocycles. The third-order valence-electron chi connectivity index (χ3n) is 5.17. The first kappa shape index (κ1) is 20.3. The number of amides is 1. The molecule has 1 saturated heterocycles. The maximum Gasteiger partial charge on any atom is 0.261 e. The SMILES string of the molecule is Cc1cccc(OCC(=O)N(Cc2ccccc2F)C2CCS(=O)(=O)C2)c1C. The first-order valence-corrected chi connectivity index (χ1v) is 11.0. The Labute approximate surface area is 165 Å². The van der Waals surface area contributed by atoms with Crippen molar-refractivity contribution in [3.05, 3.63) is 65.0 Å². The van der Waals surface area contributed by atoms with Gasteiger partial charge in [0.25, 0.3) is 5.91 Å². The number of carbonyl (C=O) groups is 1. The second-order valence-electron chi connectivity index (χ2n) is 7.16. The predicted octanol–water partition coefficient (Wildman–Crippen LogP) is 3.04. The lowest BCUT2D eigenvalue weighted by Crippen LogP contribution is -2.43. The maximum atomic E-state index is 14.1. The molecule has 5 nitrogen and oxygen atoms in total. The molecular formula is C21H24FNO4S. The molecule has 7 heteroatoms. The zero-order chi connectivity index (χ0) is 20.3. The molecule has 0 radical (unpaired) electrons. The molecule has 1 aliphatic rings. The van der Waals surface area contributed by atoms with Gasteiger partial charge in [0.1, 0.15) is 11.6 Å². The Balaban J connectivity index is 1.78. The monoisotopic (exact) mass is 405 g/mol. The highest BCUT2D eigenvalue weighted by atomic mass is 32.2. The quantitative estimate of drug-likeness (QED) is 0.741. The number of hydrogen-bond acceptors (Lipinski definition) is 4. The third kappa shape index (κ3) is 4.70. The molecule has 0 spiro atoms. The van der Waals surface area contributed by atoms with Crippen molar-refractivity contribution >= 4 is 15.7 Å². The van der Waals surface area contributed by atoms with Crippen molar-refractivity contribution in [2.24, 2.45) is 0 Å². The molecule has 1 heterocycles. The number of nitrogens with zero attached hydrogens (tertiary/aromatic N) is 1. The van der Waals surface area contributed by atoms with Crippen LogP contribution in [0.5, 0.6) is 5.75 Å². The van der Waals surface area contributed by atoms with Crippen molar-refractivity contribution in [2.45, 2.75) is 32.9 Å². The largest absolute Gasteiger partial charge is 0.483 e. The summed E-state index contributed by atoms with van der Waals surface area (Å²) in [6.45, 7) is 3.66. The Morgan fingerprint density at radius 2 is 1.93 bits per heavy atom. The summed E-state index contributed by atoms with van der Waals surface area (Å²) in [6.07, 6.45) is 0.353. The molecule has 0 saturated carbocycles. The molecular weight excluding hydrogens is 381 g/mol. The molecule has 3 rings (SSSR count). The van der Waals surface area contributed by atoms with Gasteiger partial charge in [0.2, 0.25) is 0 Å². The molecule has 0 N–H and O–H groups in total. The normalized spacial score (nSPS) is 18.0. The fourth-order valence-corrected chi connectivity index (χ4v) is 5.09. The van der Waals surface area contributed by atoms with E-state index < -0.39 is 21.7 Å². The molecule has 0 aromatic heterocycles. The summed E-state index contributed by atoms with van der Waals surface area (Å²) in [5.41, 5.74) is 2.35. The van der Waals surface area contributed by atoms with Crippen LogP contribution in [0, 0.1) is 19.7 Å². The van der Waals surface area contributed by atoms with E-state index in [1.165, 1.54) is 11.0 Å². The number of ether oxygens (including phenoxy) is 1. The Bertz CT molecular complexity index is 974. The number of benzene rings is 2. The number of halogens is 1. The molecule has 150 valence electrons. The Hall–Kier alpha value is -2.41. The van der Waals surface area contributed by atoms with Crippen LogP contribution in [0.2, 0.25) is 0 Å². The summed E-state index contributed by atoms with van der Waals surface area (Å²) in [5, 5.41) is 0. The summed E-state index contributed by atoms with van der Waals surface area (Å²) >= 11 is 0. The lowest BCUT2D eigenvalue weighted by Gasteiger charge is -2.28. The maximum absolute atomic E-state index is 14.1. The van der Waals surface area contributed by atoms with E-state index in [4.69, 9.17) is 4.74 Å². The minimum absolute atomic E-state index is 0.0157. The van der Waals surface area contributed by atoms with Crippen LogP contribution in [-0.4, -0.2) is 43.4 Å². The minimum atomic E-state index is -3.18. The number of sulfone groups is 1. The highest BCUT2D eigenvalue weighted by Crippen LogP contribution is 2.23. The van der Waals surface area contributed by atoms with Gasteiger partial charge >= 0.3 is 0 Å². The van der Waals surface area contributed by atoms with Crippen molar-refractivity contribution in [1.82, 2.24) is 4.90 Å². The molecule has 2 aromatic rings. The summed E-state index contributed by atoms with van der Waals surface area (Å²) in [4.78, 5) is 14.3. The first-order valence-electron chi connectivity index (χ1n) is 9.19. The summed E-state index contributed by atoms with van der Waals surface area (Å²) in [5.74, 6) is -0.228. The summed E-state index contributed by atoms with van der Waals surface area (Å²) < 4.78 is 43.6. The first-order chi connectivity index (χ1) is 13.3. The van der Waals surface area contributed by atoms with Crippen LogP contribution in [-0.2, 0) is 21.2 Å². The zero-order valence-electron chi connectivity index (χ0n) is 16.0. The lowest BCUT2D eigenvalue weighted by atomic mass is 10.1. The average molecular weight is 405 g/mol. The van der Waals surface area contributed by atoms with Gasteiger partial charge in [-0.15, -0.1) is 0 Å². The van der Waals surface area contributed by atoms with Crippen molar-refractivity contribution < 1.29 is 22.3 Å². The molecule has 1 unspecified atom stereocenters. The second-order valence-corrected chi connectivity index (χ2v) is 9.39. The van der Waals surface area contributed by atoms with Gasteiger partial charge in [0.05, 0.1) is 11.5 Å². The van der Waals surface area contributed by atoms with Crippen LogP contribution >= 0.6 is 0 Å². The van der Waals surface area contributed by atoms with E-state index >= 15 is 0 Å². The molecule has 0 bridgehead atoms. The van der Waals surface area contributed by atoms with Crippen molar-refractivity contribution in [3.8, 4) is 5.75 Å². The van der Waals surface area contributed by atoms with Crippen LogP contribution in [0.25, 0.3) is 0 Å². The van der Waals surface area contributed by atoms with Crippen molar-refractivity contribution in [3.63, 3.8) is 0 Å². The number of aryl methyl sites for hydroxylation is 1. The van der Waals surface area contributed by atoms with Gasteiger partial charge in [-0.05, 0) is 43.5 Å². The fourth-order valence-electron chi connectivity index (χ4n) is 3.36. The molecule has 1 atom stereocenters. The number of carbonyl (C=O) groups excluding carboxylic acids is 1. The van der Waals surface area contributed by atoms with E-state index in [0.717, 1.165) is 11.1 Å². The van der Waals surface area contributed by atoms with Gasteiger partial charge in [-0.2, -0.15) is 0 Å². The Kier molecular flexibility index (Phi) is 6.03. The van der Waals surface area contributed by atoms with Gasteiger partial charge in [-0.25, -0.2) is 12.8 Å². The summed E-state index contributed by atoms with van der Waals surface area (Å²) in [6, 6.07) is 11.3. The lowest BCUT2D eigenvalue weighted by molar-refractivity contribution is -0.136. The van der Waals surface area contributed by atoms with E-state index in [2.05, 4.69) is 0 Å². The van der Waals surface area contributed by atoms with E-state index in [9.17, 15) is 17.6 Å². The topological polar surface area (TPSA) is 63.7 Å². The van der Waals surface area contributed by atoms with E-state index in [-0.39, 0.29) is 30.6 Å². The number of rotatable bonds is 6. The zero-order valence-corrected chi connectivity index (χ0v) is 16.8. The van der Waals surface area contributed by atoms with E-state index in [0.29, 0.717) is 17.7 Å². The average Bonchev–Trinajstić information content (AvgIpc) is 3.01. The van der Waals surface area contributed by atoms with Crippen LogP contribution in [0.15, 0.2) is 42.5 Å². The van der Waals surface area contributed by atoms with Crippen LogP contribution in [0.1, 0.15) is 23.1 Å². The number of hydrogen-bond donors (Lipinski definition) is 0. The van der Waals surface area contributed by atoms with Crippen LogP contribution in [0.4, 0.5) is 4.39 Å². The van der Waals surface area contributed by atoms with E-state index in [1.54, 1.807) is 24.3 Å². The Morgan fingerprint density at radius 3 is 2.61 bits per heavy atom. The fraction of sp³-hybridized carbons (Fsp3) is 0.381. The standard InChI is InChI=1S/C21H24FNO4S/c1-15-6-5-9-20(16(15)2)27-13-21(24)23(18-10-11-28(25,26)14-18)12-17-7-3-4-8-19(17)22/h3-9,18H,10-14H2,1-2H3. The van der Waals surface area contributed by atoms with Gasteiger partial charge in [0.15, 0.2) is 16.4 Å². The Morgan fingerprint density at radius 1 is 1.18 bits per heavy atom. The van der Waals surface area contributed by atoms with Gasteiger partial charge < -0.3 is 9.64 Å². The highest BCUT2D eigenvalue weighted by Gasteiger charge is 2.35. The molecule has 1 amide bonds. The highest BCUT2D eigenvalue weighted by molar-refractivity contribution is 7.91. The van der Waals surface area contributed by atoms with Crippen LogP contribution < -0.4 is 4.74 Å². The van der Waals surface area contributed by atoms with Crippen molar-refractivity contribution in [2.75, 3.05) is 18.1 Å². The molecule has 1 fully saturated rings. The smallest absolute Gasteiger partial charge is 0.261 e. The van der Waals surface area contributed by atoms with E-state index in [1.807, 2.05) is 26.0 Å². The van der Waals surface area contributed by atoms with Gasteiger partial charge in [-0.3, -0.25) is 4.79 Å². The molecule has 28 heavy (non-hydrogen) atoms. The van der Waals surface area contributed by atoms with Crippen LogP contribution in [0.3, 0.4) is 0 Å².